The average molecular weight is 379 g/mol. The molecule has 3 rings (SSSR count). The zero-order valence-electron chi connectivity index (χ0n) is 15.1. The fraction of sp³-hybridized carbons (Fsp3) is 0.143. The summed E-state index contributed by atoms with van der Waals surface area (Å²) in [5, 5.41) is 12.0. The third kappa shape index (κ3) is 4.56. The van der Waals surface area contributed by atoms with E-state index < -0.39 is 23.7 Å². The second kappa shape index (κ2) is 8.39. The van der Waals surface area contributed by atoms with Crippen LogP contribution in [0.1, 0.15) is 33.9 Å². The summed E-state index contributed by atoms with van der Waals surface area (Å²) < 4.78 is 13.4. The Balaban J connectivity index is 1.87. The summed E-state index contributed by atoms with van der Waals surface area (Å²) in [7, 11) is 0. The van der Waals surface area contributed by atoms with Gasteiger partial charge in [-0.25, -0.2) is 4.39 Å². The average Bonchev–Trinajstić information content (AvgIpc) is 2.67. The van der Waals surface area contributed by atoms with Crippen LogP contribution in [-0.4, -0.2) is 27.0 Å². The smallest absolute Gasteiger partial charge is 0.305 e. The molecule has 0 saturated heterocycles. The van der Waals surface area contributed by atoms with Crippen LogP contribution in [0, 0.1) is 12.7 Å². The Morgan fingerprint density at radius 3 is 2.68 bits per heavy atom. The molecule has 6 nitrogen and oxygen atoms in total. The van der Waals surface area contributed by atoms with E-state index in [1.54, 1.807) is 12.1 Å². The van der Waals surface area contributed by atoms with Gasteiger partial charge < -0.3 is 10.4 Å². The van der Waals surface area contributed by atoms with Crippen molar-refractivity contribution in [2.75, 3.05) is 0 Å². The third-order valence-corrected chi connectivity index (χ3v) is 4.27. The number of hydrogen-bond acceptors (Lipinski definition) is 4. The molecule has 1 atom stereocenters. The highest BCUT2D eigenvalue weighted by Gasteiger charge is 2.20. The zero-order chi connectivity index (χ0) is 20.1. The first-order valence-electron chi connectivity index (χ1n) is 8.59. The van der Waals surface area contributed by atoms with Crippen LogP contribution in [0.4, 0.5) is 4.39 Å². The number of carboxylic acids is 1. The molecule has 2 heterocycles. The summed E-state index contributed by atoms with van der Waals surface area (Å²) in [6.45, 7) is 1.86. The van der Waals surface area contributed by atoms with Gasteiger partial charge in [0.05, 0.1) is 24.4 Å². The lowest BCUT2D eigenvalue weighted by molar-refractivity contribution is -0.137. The molecular weight excluding hydrogens is 361 g/mol. The number of pyridine rings is 2. The van der Waals surface area contributed by atoms with Crippen molar-refractivity contribution in [3.05, 3.63) is 83.6 Å². The molecule has 0 aliphatic heterocycles. The van der Waals surface area contributed by atoms with Crippen molar-refractivity contribution in [1.82, 2.24) is 15.3 Å². The highest BCUT2D eigenvalue weighted by molar-refractivity contribution is 5.95. The molecule has 1 amide bonds. The molecular formula is C21H18FN3O3. The second-order valence-electron chi connectivity index (χ2n) is 6.30. The van der Waals surface area contributed by atoms with Gasteiger partial charge in [-0.1, -0.05) is 24.3 Å². The predicted molar refractivity (Wildman–Crippen MR) is 101 cm³/mol. The minimum absolute atomic E-state index is 0.248. The maximum atomic E-state index is 13.4. The van der Waals surface area contributed by atoms with Crippen molar-refractivity contribution in [1.29, 1.82) is 0 Å². The lowest BCUT2D eigenvalue weighted by atomic mass is 9.98. The van der Waals surface area contributed by atoms with Gasteiger partial charge in [-0.2, -0.15) is 0 Å². The summed E-state index contributed by atoms with van der Waals surface area (Å²) in [6, 6.07) is 10.9. The predicted octanol–water partition coefficient (Wildman–Crippen LogP) is 3.54. The van der Waals surface area contributed by atoms with E-state index in [4.69, 9.17) is 0 Å². The number of rotatable bonds is 6. The molecule has 0 aliphatic rings. The van der Waals surface area contributed by atoms with Gasteiger partial charge in [-0.15, -0.1) is 0 Å². The SMILES string of the molecule is Cc1ccccc1[C@H](CC(=O)O)NC(=O)c1ccnc(-c2cncc(F)c2)c1. The van der Waals surface area contributed by atoms with Crippen LogP contribution in [0.25, 0.3) is 11.3 Å². The van der Waals surface area contributed by atoms with Crippen molar-refractivity contribution < 1.29 is 19.1 Å². The fourth-order valence-corrected chi connectivity index (χ4v) is 2.91. The van der Waals surface area contributed by atoms with Crippen molar-refractivity contribution >= 4 is 11.9 Å². The van der Waals surface area contributed by atoms with E-state index in [2.05, 4.69) is 15.3 Å². The minimum atomic E-state index is -1.02. The summed E-state index contributed by atoms with van der Waals surface area (Å²) in [5.41, 5.74) is 2.75. The van der Waals surface area contributed by atoms with Gasteiger partial charge in [0.2, 0.25) is 0 Å². The normalized spacial score (nSPS) is 11.6. The van der Waals surface area contributed by atoms with Crippen molar-refractivity contribution in [2.24, 2.45) is 0 Å². The molecule has 2 aromatic heterocycles. The number of nitrogens with one attached hydrogen (secondary N) is 1. The number of carbonyl (C=O) groups is 2. The van der Waals surface area contributed by atoms with Crippen LogP contribution in [-0.2, 0) is 4.79 Å². The van der Waals surface area contributed by atoms with Gasteiger partial charge in [-0.05, 0) is 36.2 Å². The first-order valence-corrected chi connectivity index (χ1v) is 8.59. The molecule has 7 heteroatoms. The number of amides is 1. The Labute approximate surface area is 161 Å². The molecule has 1 aromatic carbocycles. The van der Waals surface area contributed by atoms with Crippen molar-refractivity contribution in [3.8, 4) is 11.3 Å². The monoisotopic (exact) mass is 379 g/mol. The number of aliphatic carboxylic acids is 1. The molecule has 28 heavy (non-hydrogen) atoms. The van der Waals surface area contributed by atoms with Crippen LogP contribution in [0.5, 0.6) is 0 Å². The number of aromatic nitrogens is 2. The Kier molecular flexibility index (Phi) is 5.74. The lowest BCUT2D eigenvalue weighted by Crippen LogP contribution is -2.30. The standard InChI is InChI=1S/C21H18FN3O3/c1-13-4-2-3-5-17(13)19(10-20(26)27)25-21(28)14-6-7-24-18(9-14)15-8-16(22)12-23-11-15/h2-9,11-12,19H,10H2,1H3,(H,25,28)(H,26,27)/t19-/m0/s1. The van der Waals surface area contributed by atoms with Crippen molar-refractivity contribution in [2.45, 2.75) is 19.4 Å². The molecule has 142 valence electrons. The molecule has 0 spiro atoms. The number of aryl methyl sites for hydroxylation is 1. The van der Waals surface area contributed by atoms with E-state index in [0.717, 1.165) is 17.3 Å². The summed E-state index contributed by atoms with van der Waals surface area (Å²) in [5.74, 6) is -1.97. The van der Waals surface area contributed by atoms with Crippen LogP contribution < -0.4 is 5.32 Å². The van der Waals surface area contributed by atoms with E-state index in [9.17, 15) is 19.1 Å². The van der Waals surface area contributed by atoms with E-state index in [1.165, 1.54) is 30.6 Å². The molecule has 0 unspecified atom stereocenters. The topological polar surface area (TPSA) is 92.2 Å². The zero-order valence-corrected chi connectivity index (χ0v) is 15.1. The van der Waals surface area contributed by atoms with E-state index in [0.29, 0.717) is 16.8 Å². The number of hydrogen-bond donors (Lipinski definition) is 2. The quantitative estimate of drug-likeness (QED) is 0.683. The third-order valence-electron chi connectivity index (χ3n) is 4.27. The van der Waals surface area contributed by atoms with Gasteiger partial charge in [0, 0.05) is 23.5 Å². The Bertz CT molecular complexity index is 1020. The Morgan fingerprint density at radius 1 is 1.18 bits per heavy atom. The summed E-state index contributed by atoms with van der Waals surface area (Å²) >= 11 is 0. The molecule has 0 radical (unpaired) electrons. The molecule has 0 aliphatic carbocycles. The van der Waals surface area contributed by atoms with Gasteiger partial charge in [-0.3, -0.25) is 19.6 Å². The second-order valence-corrected chi connectivity index (χ2v) is 6.30. The fourth-order valence-electron chi connectivity index (χ4n) is 2.91. The van der Waals surface area contributed by atoms with Crippen LogP contribution in [0.3, 0.4) is 0 Å². The minimum Gasteiger partial charge on any atom is -0.481 e. The molecule has 3 aromatic rings. The lowest BCUT2D eigenvalue weighted by Gasteiger charge is -2.19. The summed E-state index contributed by atoms with van der Waals surface area (Å²) in [6.07, 6.45) is 3.73. The number of benzene rings is 1. The number of nitrogens with zero attached hydrogens (tertiary/aromatic N) is 2. The van der Waals surface area contributed by atoms with Gasteiger partial charge in [0.1, 0.15) is 5.82 Å². The van der Waals surface area contributed by atoms with Crippen molar-refractivity contribution in [3.63, 3.8) is 0 Å². The Morgan fingerprint density at radius 2 is 1.96 bits per heavy atom. The van der Waals surface area contributed by atoms with Crippen LogP contribution >= 0.6 is 0 Å². The van der Waals surface area contributed by atoms with E-state index in [-0.39, 0.29) is 6.42 Å². The maximum Gasteiger partial charge on any atom is 0.305 e. The van der Waals surface area contributed by atoms with Crippen LogP contribution in [0.2, 0.25) is 0 Å². The first-order chi connectivity index (χ1) is 13.4. The number of halogens is 1. The van der Waals surface area contributed by atoms with Gasteiger partial charge in [0.15, 0.2) is 0 Å². The van der Waals surface area contributed by atoms with Crippen LogP contribution in [0.15, 0.2) is 61.1 Å². The molecule has 0 fully saturated rings. The first kappa shape index (κ1) is 19.2. The van der Waals surface area contributed by atoms with Gasteiger partial charge in [0.25, 0.3) is 5.91 Å². The van der Waals surface area contributed by atoms with E-state index in [1.807, 2.05) is 19.1 Å². The summed E-state index contributed by atoms with van der Waals surface area (Å²) in [4.78, 5) is 32.0. The maximum absolute atomic E-state index is 13.4. The highest BCUT2D eigenvalue weighted by Crippen LogP contribution is 2.22. The Hall–Kier alpha value is -3.61. The van der Waals surface area contributed by atoms with E-state index >= 15 is 0 Å². The number of carboxylic acid groups (broad SMARTS) is 1. The molecule has 0 bridgehead atoms. The largest absolute Gasteiger partial charge is 0.481 e. The highest BCUT2D eigenvalue weighted by atomic mass is 19.1. The molecule has 0 saturated carbocycles. The van der Waals surface area contributed by atoms with Gasteiger partial charge >= 0.3 is 5.97 Å². The molecule has 2 N–H and O–H groups in total. The number of carbonyl (C=O) groups excluding carboxylic acids is 1.